The van der Waals surface area contributed by atoms with Gasteiger partial charge < -0.3 is 5.32 Å². The molecule has 1 aliphatic heterocycles. The molecule has 1 N–H and O–H groups in total. The third-order valence-electron chi connectivity index (χ3n) is 6.68. The van der Waals surface area contributed by atoms with Gasteiger partial charge in [-0.1, -0.05) is 54.6 Å². The van der Waals surface area contributed by atoms with E-state index in [0.717, 1.165) is 39.8 Å². The van der Waals surface area contributed by atoms with Crippen molar-refractivity contribution in [3.05, 3.63) is 117 Å². The van der Waals surface area contributed by atoms with Crippen LogP contribution < -0.4 is 5.32 Å². The van der Waals surface area contributed by atoms with Crippen LogP contribution >= 0.6 is 22.6 Å². The van der Waals surface area contributed by atoms with Crippen LogP contribution in [0.1, 0.15) is 41.4 Å². The summed E-state index contributed by atoms with van der Waals surface area (Å²) >= 11 is 2.40. The molecule has 1 aromatic heterocycles. The number of allylic oxidation sites excluding steroid dienone is 2. The summed E-state index contributed by atoms with van der Waals surface area (Å²) in [6.07, 6.45) is 3.21. The summed E-state index contributed by atoms with van der Waals surface area (Å²) in [6, 6.07) is 27.1. The van der Waals surface area contributed by atoms with Gasteiger partial charge in [-0.25, -0.2) is 0 Å². The van der Waals surface area contributed by atoms with Gasteiger partial charge in [-0.05, 0) is 75.9 Å². The standard InChI is InChI=1S/C28H21IN2O/c29-21-11-5-4-9-19(21)27-26-20-10-6-14-30-22(20)12-13-23(26)31-24-15-18(16-25(32)28(24)27)17-7-2-1-3-8-17/h1-14,18,27,31H,15-16H2. The summed E-state index contributed by atoms with van der Waals surface area (Å²) in [6.45, 7) is 0. The Morgan fingerprint density at radius 2 is 1.69 bits per heavy atom. The number of nitrogens with zero attached hydrogens (tertiary/aromatic N) is 1. The maximum Gasteiger partial charge on any atom is 0.162 e. The van der Waals surface area contributed by atoms with E-state index < -0.39 is 0 Å². The number of hydrogen-bond acceptors (Lipinski definition) is 3. The second kappa shape index (κ2) is 7.85. The number of pyridine rings is 1. The first-order chi connectivity index (χ1) is 15.7. The second-order valence-corrected chi connectivity index (χ2v) is 9.67. The molecule has 2 atom stereocenters. The van der Waals surface area contributed by atoms with E-state index in [1.807, 2.05) is 18.3 Å². The summed E-state index contributed by atoms with van der Waals surface area (Å²) < 4.78 is 1.17. The molecule has 0 bridgehead atoms. The first-order valence-electron chi connectivity index (χ1n) is 10.9. The third kappa shape index (κ3) is 3.16. The second-order valence-electron chi connectivity index (χ2n) is 8.51. The maximum atomic E-state index is 13.7. The van der Waals surface area contributed by atoms with Gasteiger partial charge in [0.25, 0.3) is 0 Å². The van der Waals surface area contributed by atoms with E-state index in [1.165, 1.54) is 14.7 Å². The van der Waals surface area contributed by atoms with Crippen molar-refractivity contribution in [2.24, 2.45) is 0 Å². The number of benzene rings is 3. The van der Waals surface area contributed by atoms with Crippen molar-refractivity contribution in [3.8, 4) is 0 Å². The Hall–Kier alpha value is -2.99. The lowest BCUT2D eigenvalue weighted by Gasteiger charge is -2.37. The molecule has 0 spiro atoms. The number of halogens is 1. The Bertz CT molecular complexity index is 1390. The molecule has 2 aliphatic rings. The minimum atomic E-state index is -0.0912. The van der Waals surface area contributed by atoms with E-state index >= 15 is 0 Å². The highest BCUT2D eigenvalue weighted by molar-refractivity contribution is 14.1. The highest BCUT2D eigenvalue weighted by atomic mass is 127. The van der Waals surface area contributed by atoms with Gasteiger partial charge in [0.05, 0.1) is 5.52 Å². The van der Waals surface area contributed by atoms with Gasteiger partial charge in [-0.15, -0.1) is 0 Å². The number of rotatable bonds is 2. The monoisotopic (exact) mass is 528 g/mol. The molecule has 4 aromatic rings. The Kier molecular flexibility index (Phi) is 4.83. The third-order valence-corrected chi connectivity index (χ3v) is 7.67. The predicted octanol–water partition coefficient (Wildman–Crippen LogP) is 6.80. The minimum absolute atomic E-state index is 0.0912. The van der Waals surface area contributed by atoms with Gasteiger partial charge >= 0.3 is 0 Å². The first-order valence-corrected chi connectivity index (χ1v) is 12.0. The molecule has 2 unspecified atom stereocenters. The lowest BCUT2D eigenvalue weighted by molar-refractivity contribution is -0.116. The number of anilines is 1. The molecule has 3 nitrogen and oxygen atoms in total. The zero-order valence-electron chi connectivity index (χ0n) is 17.4. The van der Waals surface area contributed by atoms with Crippen LogP contribution in [0.3, 0.4) is 0 Å². The summed E-state index contributed by atoms with van der Waals surface area (Å²) in [5.74, 6) is 0.351. The van der Waals surface area contributed by atoms with Crippen LogP contribution in [0.25, 0.3) is 10.9 Å². The molecule has 6 rings (SSSR count). The number of ketones is 1. The zero-order valence-corrected chi connectivity index (χ0v) is 19.5. The number of carbonyl (C=O) groups is 1. The number of aromatic nitrogens is 1. The quantitative estimate of drug-likeness (QED) is 0.291. The van der Waals surface area contributed by atoms with Crippen molar-refractivity contribution in [2.45, 2.75) is 24.7 Å². The summed E-state index contributed by atoms with van der Waals surface area (Å²) in [5, 5.41) is 4.77. The molecule has 0 saturated heterocycles. The van der Waals surface area contributed by atoms with Crippen LogP contribution in [0.2, 0.25) is 0 Å². The van der Waals surface area contributed by atoms with Gasteiger partial charge in [0.15, 0.2) is 5.78 Å². The van der Waals surface area contributed by atoms with Crippen LogP contribution in [0, 0.1) is 3.57 Å². The molecule has 156 valence electrons. The molecule has 3 aromatic carbocycles. The lowest BCUT2D eigenvalue weighted by atomic mass is 9.71. The molecule has 0 fully saturated rings. The summed E-state index contributed by atoms with van der Waals surface area (Å²) in [5.41, 5.74) is 7.60. The van der Waals surface area contributed by atoms with E-state index in [1.54, 1.807) is 0 Å². The van der Waals surface area contributed by atoms with Gasteiger partial charge in [0.1, 0.15) is 0 Å². The number of hydrogen-bond donors (Lipinski definition) is 1. The fourth-order valence-electron chi connectivity index (χ4n) is 5.27. The van der Waals surface area contributed by atoms with Crippen LogP contribution in [-0.2, 0) is 4.79 Å². The lowest BCUT2D eigenvalue weighted by Crippen LogP contribution is -2.30. The van der Waals surface area contributed by atoms with Gasteiger partial charge in [0, 0.05) is 44.4 Å². The van der Waals surface area contributed by atoms with Gasteiger partial charge in [-0.3, -0.25) is 9.78 Å². The van der Waals surface area contributed by atoms with Crippen molar-refractivity contribution in [2.75, 3.05) is 5.32 Å². The predicted molar refractivity (Wildman–Crippen MR) is 137 cm³/mol. The van der Waals surface area contributed by atoms with Crippen molar-refractivity contribution >= 4 is 45.0 Å². The molecule has 0 amide bonds. The number of Topliss-reactive ketones (excluding diaryl/α,β-unsaturated/α-hetero) is 1. The molecule has 1 aliphatic carbocycles. The zero-order chi connectivity index (χ0) is 21.7. The topological polar surface area (TPSA) is 42.0 Å². The van der Waals surface area contributed by atoms with Crippen LogP contribution in [0.4, 0.5) is 5.69 Å². The average molecular weight is 528 g/mol. The molecule has 32 heavy (non-hydrogen) atoms. The highest BCUT2D eigenvalue weighted by Crippen LogP contribution is 2.50. The maximum absolute atomic E-state index is 13.7. The first kappa shape index (κ1) is 19.7. The van der Waals surface area contributed by atoms with Crippen LogP contribution in [-0.4, -0.2) is 10.8 Å². The highest BCUT2D eigenvalue weighted by Gasteiger charge is 2.39. The largest absolute Gasteiger partial charge is 0.358 e. The van der Waals surface area contributed by atoms with E-state index in [0.29, 0.717) is 6.42 Å². The Morgan fingerprint density at radius 1 is 0.875 bits per heavy atom. The Morgan fingerprint density at radius 3 is 2.53 bits per heavy atom. The van der Waals surface area contributed by atoms with Crippen LogP contribution in [0.5, 0.6) is 0 Å². The fourth-order valence-corrected chi connectivity index (χ4v) is 5.97. The van der Waals surface area contributed by atoms with Crippen molar-refractivity contribution in [1.29, 1.82) is 0 Å². The van der Waals surface area contributed by atoms with E-state index in [-0.39, 0.29) is 17.6 Å². The Labute approximate surface area is 200 Å². The molecule has 0 radical (unpaired) electrons. The number of nitrogens with one attached hydrogen (secondary N) is 1. The number of carbonyl (C=O) groups excluding carboxylic acids is 1. The van der Waals surface area contributed by atoms with E-state index in [2.05, 4.69) is 99.6 Å². The molecular weight excluding hydrogens is 507 g/mol. The molecule has 4 heteroatoms. The van der Waals surface area contributed by atoms with Crippen LogP contribution in [0.15, 0.2) is 96.3 Å². The van der Waals surface area contributed by atoms with Crippen molar-refractivity contribution < 1.29 is 4.79 Å². The van der Waals surface area contributed by atoms with Gasteiger partial charge in [-0.2, -0.15) is 0 Å². The van der Waals surface area contributed by atoms with E-state index in [9.17, 15) is 4.79 Å². The average Bonchev–Trinajstić information content (AvgIpc) is 2.83. The van der Waals surface area contributed by atoms with E-state index in [4.69, 9.17) is 0 Å². The normalized spacial score (nSPS) is 20.0. The SMILES string of the molecule is O=C1CC(c2ccccc2)CC2=C1C(c1ccccc1I)c1c(ccc3ncccc13)N2. The summed E-state index contributed by atoms with van der Waals surface area (Å²) in [7, 11) is 0. The minimum Gasteiger partial charge on any atom is -0.358 e. The fraction of sp³-hybridized carbons (Fsp3) is 0.143. The van der Waals surface area contributed by atoms with Crippen molar-refractivity contribution in [3.63, 3.8) is 0 Å². The Balaban J connectivity index is 1.58. The summed E-state index contributed by atoms with van der Waals surface area (Å²) in [4.78, 5) is 18.3. The number of fused-ring (bicyclic) bond motifs is 3. The van der Waals surface area contributed by atoms with Gasteiger partial charge in [0.2, 0.25) is 0 Å². The molecular formula is C28H21IN2O. The smallest absolute Gasteiger partial charge is 0.162 e. The van der Waals surface area contributed by atoms with Crippen molar-refractivity contribution in [1.82, 2.24) is 4.98 Å². The molecule has 2 heterocycles. The molecule has 0 saturated carbocycles.